The summed E-state index contributed by atoms with van der Waals surface area (Å²) in [5.41, 5.74) is 3.09. The Morgan fingerprint density at radius 3 is 2.67 bits per heavy atom. The van der Waals surface area contributed by atoms with Gasteiger partial charge in [0.1, 0.15) is 10.7 Å². The van der Waals surface area contributed by atoms with Crippen molar-refractivity contribution in [2.75, 3.05) is 7.11 Å². The minimum atomic E-state index is -0.492. The Morgan fingerprint density at radius 2 is 2.04 bits per heavy atom. The summed E-state index contributed by atoms with van der Waals surface area (Å²) in [6.45, 7) is 1.98. The topological polar surface area (TPSA) is 86.1 Å². The predicted octanol–water partition coefficient (Wildman–Crippen LogP) is 2.89. The molecule has 2 heterocycles. The number of thiazole rings is 1. The lowest BCUT2D eigenvalue weighted by Crippen LogP contribution is -2.30. The molecule has 7 nitrogen and oxygen atoms in total. The van der Waals surface area contributed by atoms with Gasteiger partial charge in [0.25, 0.3) is 5.91 Å². The van der Waals surface area contributed by atoms with Crippen molar-refractivity contribution < 1.29 is 14.3 Å². The van der Waals surface area contributed by atoms with E-state index in [4.69, 9.17) is 4.74 Å². The number of hydrogen-bond donors (Lipinski definition) is 1. The van der Waals surface area contributed by atoms with Crippen molar-refractivity contribution in [3.63, 3.8) is 0 Å². The summed E-state index contributed by atoms with van der Waals surface area (Å²) < 4.78 is 6.45. The molecule has 0 radical (unpaired) electrons. The van der Waals surface area contributed by atoms with Gasteiger partial charge in [-0.05, 0) is 12.5 Å². The number of benzene rings is 1. The van der Waals surface area contributed by atoms with Gasteiger partial charge in [0.05, 0.1) is 25.8 Å². The van der Waals surface area contributed by atoms with E-state index in [1.807, 2.05) is 44.4 Å². The largest absolute Gasteiger partial charge is 0.469 e. The second-order valence-electron chi connectivity index (χ2n) is 6.16. The van der Waals surface area contributed by atoms with Gasteiger partial charge in [0.15, 0.2) is 0 Å². The highest BCUT2D eigenvalue weighted by Crippen LogP contribution is 2.24. The van der Waals surface area contributed by atoms with Crippen LogP contribution in [0.4, 0.5) is 0 Å². The summed E-state index contributed by atoms with van der Waals surface area (Å²) >= 11 is 1.37. The van der Waals surface area contributed by atoms with Gasteiger partial charge in [-0.15, -0.1) is 11.3 Å². The van der Waals surface area contributed by atoms with Crippen LogP contribution in [-0.2, 0) is 16.6 Å². The minimum absolute atomic E-state index is 0.0465. The standard InChI is InChI=1S/C19H20N4O3S/c1-12-4-6-13(7-5-12)15(8-17(24)26-3)21-18(25)16-11-27-19(22-16)14-9-20-23(2)10-14/h4-7,9-11,15H,8H2,1-3H3,(H,21,25)/t15-/m1/s1. The number of rotatable bonds is 6. The molecule has 1 atom stereocenters. The summed E-state index contributed by atoms with van der Waals surface area (Å²) in [4.78, 5) is 28.8. The first-order valence-corrected chi connectivity index (χ1v) is 9.23. The number of esters is 1. The maximum absolute atomic E-state index is 12.7. The van der Waals surface area contributed by atoms with E-state index in [0.29, 0.717) is 10.7 Å². The Hall–Kier alpha value is -3.00. The Balaban J connectivity index is 1.78. The zero-order chi connectivity index (χ0) is 19.4. The van der Waals surface area contributed by atoms with Crippen molar-refractivity contribution >= 4 is 23.2 Å². The van der Waals surface area contributed by atoms with Gasteiger partial charge < -0.3 is 10.1 Å². The fourth-order valence-corrected chi connectivity index (χ4v) is 3.35. The number of amides is 1. The van der Waals surface area contributed by atoms with E-state index in [1.165, 1.54) is 18.4 Å². The number of carbonyl (C=O) groups excluding carboxylic acids is 2. The molecule has 27 heavy (non-hydrogen) atoms. The van der Waals surface area contributed by atoms with Crippen LogP contribution >= 0.6 is 11.3 Å². The molecule has 0 aliphatic rings. The van der Waals surface area contributed by atoms with Gasteiger partial charge in [-0.1, -0.05) is 29.8 Å². The summed E-state index contributed by atoms with van der Waals surface area (Å²) in [6, 6.07) is 7.18. The molecule has 2 aromatic heterocycles. The zero-order valence-corrected chi connectivity index (χ0v) is 16.1. The third-order valence-electron chi connectivity index (χ3n) is 4.07. The van der Waals surface area contributed by atoms with Gasteiger partial charge in [-0.2, -0.15) is 5.10 Å². The van der Waals surface area contributed by atoms with Gasteiger partial charge >= 0.3 is 5.97 Å². The lowest BCUT2D eigenvalue weighted by atomic mass is 10.0. The molecule has 140 valence electrons. The summed E-state index contributed by atoms with van der Waals surface area (Å²) in [5.74, 6) is -0.730. The molecule has 0 saturated heterocycles. The average Bonchev–Trinajstić information content (AvgIpc) is 3.30. The van der Waals surface area contributed by atoms with E-state index in [-0.39, 0.29) is 12.3 Å². The van der Waals surface area contributed by atoms with Crippen molar-refractivity contribution in [1.82, 2.24) is 20.1 Å². The highest BCUT2D eigenvalue weighted by molar-refractivity contribution is 7.13. The van der Waals surface area contributed by atoms with Crippen LogP contribution in [0.3, 0.4) is 0 Å². The third kappa shape index (κ3) is 4.59. The van der Waals surface area contributed by atoms with Crippen LogP contribution in [0, 0.1) is 6.92 Å². The molecule has 1 aromatic carbocycles. The predicted molar refractivity (Wildman–Crippen MR) is 102 cm³/mol. The number of aromatic nitrogens is 3. The molecular weight excluding hydrogens is 364 g/mol. The van der Waals surface area contributed by atoms with E-state index in [1.54, 1.807) is 16.3 Å². The average molecular weight is 384 g/mol. The van der Waals surface area contributed by atoms with E-state index >= 15 is 0 Å². The number of ether oxygens (including phenoxy) is 1. The van der Waals surface area contributed by atoms with Crippen molar-refractivity contribution in [3.8, 4) is 10.6 Å². The lowest BCUT2D eigenvalue weighted by molar-refractivity contribution is -0.141. The van der Waals surface area contributed by atoms with E-state index in [9.17, 15) is 9.59 Å². The molecule has 1 N–H and O–H groups in total. The van der Waals surface area contributed by atoms with Gasteiger partial charge in [-0.3, -0.25) is 14.3 Å². The summed E-state index contributed by atoms with van der Waals surface area (Å²) in [5, 5.41) is 9.42. The molecule has 0 fully saturated rings. The third-order valence-corrected chi connectivity index (χ3v) is 4.96. The Labute approximate surface area is 161 Å². The van der Waals surface area contributed by atoms with Crippen molar-refractivity contribution in [2.24, 2.45) is 7.05 Å². The first-order chi connectivity index (χ1) is 13.0. The maximum atomic E-state index is 12.7. The summed E-state index contributed by atoms with van der Waals surface area (Å²) in [7, 11) is 3.15. The number of aryl methyl sites for hydroxylation is 2. The highest BCUT2D eigenvalue weighted by Gasteiger charge is 2.21. The van der Waals surface area contributed by atoms with Crippen LogP contribution in [0.1, 0.15) is 34.1 Å². The minimum Gasteiger partial charge on any atom is -0.469 e. The molecule has 0 aliphatic carbocycles. The quantitative estimate of drug-likeness (QED) is 0.661. The monoisotopic (exact) mass is 384 g/mol. The molecule has 0 bridgehead atoms. The highest BCUT2D eigenvalue weighted by atomic mass is 32.1. The Morgan fingerprint density at radius 1 is 1.30 bits per heavy atom. The number of methoxy groups -OCH3 is 1. The van der Waals surface area contributed by atoms with Crippen LogP contribution in [-0.4, -0.2) is 33.8 Å². The van der Waals surface area contributed by atoms with Crippen LogP contribution < -0.4 is 5.32 Å². The smallest absolute Gasteiger partial charge is 0.307 e. The van der Waals surface area contributed by atoms with Gasteiger partial charge in [0, 0.05) is 24.2 Å². The maximum Gasteiger partial charge on any atom is 0.307 e. The Bertz CT molecular complexity index is 946. The normalized spacial score (nSPS) is 11.8. The molecule has 0 spiro atoms. The van der Waals surface area contributed by atoms with Crippen molar-refractivity contribution in [1.29, 1.82) is 0 Å². The van der Waals surface area contributed by atoms with E-state index in [2.05, 4.69) is 15.4 Å². The number of carbonyl (C=O) groups is 2. The molecule has 0 aliphatic heterocycles. The van der Waals surface area contributed by atoms with Crippen molar-refractivity contribution in [2.45, 2.75) is 19.4 Å². The molecule has 8 heteroatoms. The van der Waals surface area contributed by atoms with Gasteiger partial charge in [0.2, 0.25) is 0 Å². The zero-order valence-electron chi connectivity index (χ0n) is 15.3. The second-order valence-corrected chi connectivity index (χ2v) is 7.02. The first-order valence-electron chi connectivity index (χ1n) is 8.35. The summed E-state index contributed by atoms with van der Waals surface area (Å²) in [6.07, 6.45) is 3.59. The fourth-order valence-electron chi connectivity index (χ4n) is 2.58. The number of nitrogens with zero attached hydrogens (tertiary/aromatic N) is 3. The number of nitrogens with one attached hydrogen (secondary N) is 1. The van der Waals surface area contributed by atoms with Crippen LogP contribution in [0.25, 0.3) is 10.6 Å². The molecule has 1 amide bonds. The van der Waals surface area contributed by atoms with Gasteiger partial charge in [-0.25, -0.2) is 4.98 Å². The SMILES string of the molecule is COC(=O)C[C@@H](NC(=O)c1csc(-c2cnn(C)c2)n1)c1ccc(C)cc1. The first kappa shape index (κ1) is 18.8. The van der Waals surface area contributed by atoms with Crippen LogP contribution in [0.5, 0.6) is 0 Å². The Kier molecular flexibility index (Phi) is 5.66. The molecular formula is C19H20N4O3S. The lowest BCUT2D eigenvalue weighted by Gasteiger charge is -2.18. The van der Waals surface area contributed by atoms with Crippen LogP contribution in [0.2, 0.25) is 0 Å². The number of hydrogen-bond acceptors (Lipinski definition) is 6. The molecule has 3 rings (SSSR count). The molecule has 3 aromatic rings. The molecule has 0 unspecified atom stereocenters. The fraction of sp³-hybridized carbons (Fsp3) is 0.263. The van der Waals surface area contributed by atoms with E-state index in [0.717, 1.165) is 16.7 Å². The van der Waals surface area contributed by atoms with Crippen molar-refractivity contribution in [3.05, 3.63) is 58.9 Å². The van der Waals surface area contributed by atoms with E-state index < -0.39 is 12.0 Å². The van der Waals surface area contributed by atoms with Crippen LogP contribution in [0.15, 0.2) is 42.0 Å². The second kappa shape index (κ2) is 8.13. The molecule has 0 saturated carbocycles.